The van der Waals surface area contributed by atoms with Gasteiger partial charge in [0.2, 0.25) is 0 Å². The summed E-state index contributed by atoms with van der Waals surface area (Å²) in [7, 11) is 0. The zero-order valence-electron chi connectivity index (χ0n) is 11.0. The molecule has 0 heterocycles. The van der Waals surface area contributed by atoms with E-state index in [2.05, 4.69) is 19.1 Å². The van der Waals surface area contributed by atoms with Crippen LogP contribution in [0.25, 0.3) is 0 Å². The van der Waals surface area contributed by atoms with Gasteiger partial charge in [-0.3, -0.25) is 0 Å². The predicted molar refractivity (Wildman–Crippen MR) is 69.9 cm³/mol. The van der Waals surface area contributed by atoms with E-state index in [9.17, 15) is 0 Å². The smallest absolute Gasteiger partial charge is 0.172 e. The molecule has 1 atom stereocenters. The average molecular weight is 237 g/mol. The summed E-state index contributed by atoms with van der Waals surface area (Å²) in [6.45, 7) is 7.23. The van der Waals surface area contributed by atoms with Gasteiger partial charge in [-0.2, -0.15) is 0 Å². The molecule has 1 aromatic carbocycles. The van der Waals surface area contributed by atoms with Crippen molar-refractivity contribution in [3.8, 4) is 0 Å². The number of aryl methyl sites for hydroxylation is 1. The van der Waals surface area contributed by atoms with Crippen LogP contribution in [-0.2, 0) is 15.9 Å². The van der Waals surface area contributed by atoms with E-state index < -0.39 is 0 Å². The maximum absolute atomic E-state index is 6.14. The van der Waals surface area contributed by atoms with Crippen LogP contribution in [0.2, 0.25) is 0 Å². The van der Waals surface area contributed by atoms with Gasteiger partial charge < -0.3 is 15.2 Å². The molecule has 0 amide bonds. The van der Waals surface area contributed by atoms with Crippen LogP contribution in [0.4, 0.5) is 0 Å². The average Bonchev–Trinajstić information content (AvgIpc) is 2.32. The normalized spacial score (nSPS) is 13.0. The van der Waals surface area contributed by atoms with Crippen molar-refractivity contribution in [1.82, 2.24) is 0 Å². The number of rotatable bonds is 7. The van der Waals surface area contributed by atoms with Gasteiger partial charge >= 0.3 is 0 Å². The highest BCUT2D eigenvalue weighted by Crippen LogP contribution is 2.12. The number of hydrogen-bond acceptors (Lipinski definition) is 3. The van der Waals surface area contributed by atoms with E-state index in [1.165, 1.54) is 11.1 Å². The second-order valence-corrected chi connectivity index (χ2v) is 4.07. The van der Waals surface area contributed by atoms with Crippen molar-refractivity contribution in [3.63, 3.8) is 0 Å². The molecule has 0 saturated carbocycles. The quantitative estimate of drug-likeness (QED) is 0.740. The lowest BCUT2D eigenvalue weighted by Gasteiger charge is -2.24. The van der Waals surface area contributed by atoms with Crippen LogP contribution in [0.3, 0.4) is 0 Å². The summed E-state index contributed by atoms with van der Waals surface area (Å²) in [4.78, 5) is 0. The predicted octanol–water partition coefficient (Wildman–Crippen LogP) is 2.26. The van der Waals surface area contributed by atoms with Gasteiger partial charge in [0, 0.05) is 13.2 Å². The molecule has 1 rings (SSSR count). The zero-order valence-corrected chi connectivity index (χ0v) is 11.0. The fourth-order valence-corrected chi connectivity index (χ4v) is 1.81. The van der Waals surface area contributed by atoms with Gasteiger partial charge in [-0.15, -0.1) is 0 Å². The maximum atomic E-state index is 6.14. The molecule has 0 saturated heterocycles. The number of hydrogen-bond donors (Lipinski definition) is 1. The summed E-state index contributed by atoms with van der Waals surface area (Å²) >= 11 is 0. The van der Waals surface area contributed by atoms with Gasteiger partial charge in [0.1, 0.15) is 0 Å². The molecule has 2 N–H and O–H groups in total. The van der Waals surface area contributed by atoms with Crippen molar-refractivity contribution in [1.29, 1.82) is 0 Å². The third kappa shape index (κ3) is 4.46. The van der Waals surface area contributed by atoms with Crippen LogP contribution in [0, 0.1) is 6.92 Å². The van der Waals surface area contributed by atoms with Gasteiger partial charge in [-0.1, -0.05) is 24.3 Å². The first-order valence-electron chi connectivity index (χ1n) is 6.22. The topological polar surface area (TPSA) is 44.5 Å². The first kappa shape index (κ1) is 14.2. The van der Waals surface area contributed by atoms with E-state index in [1.54, 1.807) is 0 Å². The third-order valence-corrected chi connectivity index (χ3v) is 2.73. The summed E-state index contributed by atoms with van der Waals surface area (Å²) in [5.41, 5.74) is 8.65. The van der Waals surface area contributed by atoms with Crippen LogP contribution in [0.5, 0.6) is 0 Å². The summed E-state index contributed by atoms with van der Waals surface area (Å²) in [5.74, 6) is 0. The molecular weight excluding hydrogens is 214 g/mol. The molecule has 1 aromatic rings. The zero-order chi connectivity index (χ0) is 12.7. The fourth-order valence-electron chi connectivity index (χ4n) is 1.81. The largest absolute Gasteiger partial charge is 0.351 e. The highest BCUT2D eigenvalue weighted by molar-refractivity contribution is 5.26. The van der Waals surface area contributed by atoms with Crippen molar-refractivity contribution < 1.29 is 9.47 Å². The molecule has 0 aliphatic heterocycles. The first-order chi connectivity index (χ1) is 8.19. The van der Waals surface area contributed by atoms with E-state index in [0.29, 0.717) is 13.2 Å². The molecule has 0 fully saturated rings. The van der Waals surface area contributed by atoms with Gasteiger partial charge in [0.25, 0.3) is 0 Å². The Morgan fingerprint density at radius 1 is 1.12 bits per heavy atom. The number of benzene rings is 1. The van der Waals surface area contributed by atoms with E-state index in [1.807, 2.05) is 26.0 Å². The molecule has 0 radical (unpaired) electrons. The summed E-state index contributed by atoms with van der Waals surface area (Å²) in [6.07, 6.45) is 0.460. The van der Waals surface area contributed by atoms with Crippen molar-refractivity contribution >= 4 is 0 Å². The molecule has 0 aliphatic rings. The lowest BCUT2D eigenvalue weighted by Crippen LogP contribution is -2.40. The Kier molecular flexibility index (Phi) is 6.19. The molecule has 0 aromatic heterocycles. The minimum Gasteiger partial charge on any atom is -0.351 e. The molecule has 3 nitrogen and oxygen atoms in total. The number of nitrogens with two attached hydrogens (primary N) is 1. The Hall–Kier alpha value is -0.900. The molecule has 0 spiro atoms. The molecule has 17 heavy (non-hydrogen) atoms. The van der Waals surface area contributed by atoms with Crippen LogP contribution in [0.1, 0.15) is 25.0 Å². The van der Waals surface area contributed by atoms with Gasteiger partial charge in [-0.25, -0.2) is 0 Å². The standard InChI is InChI=1S/C14H23NO2/c1-4-16-14(17-5-2)13(15)10-12-9-7-6-8-11(12)3/h6-9,13-14H,4-5,10,15H2,1-3H3. The molecule has 3 heteroatoms. The second kappa shape index (κ2) is 7.43. The third-order valence-electron chi connectivity index (χ3n) is 2.73. The Morgan fingerprint density at radius 2 is 1.71 bits per heavy atom. The monoisotopic (exact) mass is 237 g/mol. The molecular formula is C14H23NO2. The highest BCUT2D eigenvalue weighted by atomic mass is 16.7. The summed E-state index contributed by atoms with van der Waals surface area (Å²) < 4.78 is 11.0. The van der Waals surface area contributed by atoms with Crippen LogP contribution in [0.15, 0.2) is 24.3 Å². The fraction of sp³-hybridized carbons (Fsp3) is 0.571. The van der Waals surface area contributed by atoms with Crippen molar-refractivity contribution in [2.24, 2.45) is 5.73 Å². The van der Waals surface area contributed by atoms with Crippen LogP contribution in [-0.4, -0.2) is 25.5 Å². The molecule has 0 bridgehead atoms. The first-order valence-corrected chi connectivity index (χ1v) is 6.22. The molecule has 0 aliphatic carbocycles. The van der Waals surface area contributed by atoms with Gasteiger partial charge in [0.05, 0.1) is 6.04 Å². The van der Waals surface area contributed by atoms with Gasteiger partial charge in [0.15, 0.2) is 6.29 Å². The SMILES string of the molecule is CCOC(OCC)C(N)Cc1ccccc1C. The number of ether oxygens (including phenoxy) is 2. The van der Waals surface area contributed by atoms with Crippen LogP contribution < -0.4 is 5.73 Å². The minimum absolute atomic E-state index is 0.129. The Labute approximate surface area is 104 Å². The lowest BCUT2D eigenvalue weighted by atomic mass is 10.0. The van der Waals surface area contributed by atoms with Crippen molar-refractivity contribution in [2.45, 2.75) is 39.5 Å². The van der Waals surface area contributed by atoms with Crippen molar-refractivity contribution in [3.05, 3.63) is 35.4 Å². The molecule has 96 valence electrons. The summed E-state index contributed by atoms with van der Waals surface area (Å²) in [6, 6.07) is 8.14. The van der Waals surface area contributed by atoms with E-state index >= 15 is 0 Å². The minimum atomic E-state index is -0.315. The Balaban J connectivity index is 2.62. The van der Waals surface area contributed by atoms with Crippen molar-refractivity contribution in [2.75, 3.05) is 13.2 Å². The maximum Gasteiger partial charge on any atom is 0.172 e. The second-order valence-electron chi connectivity index (χ2n) is 4.07. The Bertz CT molecular complexity index is 322. The highest BCUT2D eigenvalue weighted by Gasteiger charge is 2.19. The lowest BCUT2D eigenvalue weighted by molar-refractivity contribution is -0.148. The summed E-state index contributed by atoms with van der Waals surface area (Å²) in [5, 5.41) is 0. The van der Waals surface area contributed by atoms with Gasteiger partial charge in [-0.05, 0) is 38.3 Å². The van der Waals surface area contributed by atoms with E-state index in [4.69, 9.17) is 15.2 Å². The van der Waals surface area contributed by atoms with E-state index in [0.717, 1.165) is 6.42 Å². The van der Waals surface area contributed by atoms with Crippen LogP contribution >= 0.6 is 0 Å². The van der Waals surface area contributed by atoms with E-state index in [-0.39, 0.29) is 12.3 Å². The Morgan fingerprint density at radius 3 is 2.24 bits per heavy atom. The molecule has 1 unspecified atom stereocenters.